The van der Waals surface area contributed by atoms with E-state index in [9.17, 15) is 9.59 Å². The maximum Gasteiger partial charge on any atom is 0.254 e. The summed E-state index contributed by atoms with van der Waals surface area (Å²) in [5.74, 6) is -0.183. The first kappa shape index (κ1) is 17.0. The molecule has 2 rings (SSSR count). The molecule has 0 spiro atoms. The maximum absolute atomic E-state index is 12.6. The SMILES string of the molecule is CCOCCNC(=O)C1CCCN1C(=O)c1ccc(Br)cc1. The lowest BCUT2D eigenvalue weighted by atomic mass is 10.1. The fourth-order valence-corrected chi connectivity index (χ4v) is 2.81. The summed E-state index contributed by atoms with van der Waals surface area (Å²) in [6, 6.07) is 6.84. The van der Waals surface area contributed by atoms with Gasteiger partial charge in [0.25, 0.3) is 5.91 Å². The average molecular weight is 369 g/mol. The van der Waals surface area contributed by atoms with Gasteiger partial charge in [-0.15, -0.1) is 0 Å². The predicted molar refractivity (Wildman–Crippen MR) is 87.7 cm³/mol. The van der Waals surface area contributed by atoms with Gasteiger partial charge in [0.1, 0.15) is 6.04 Å². The molecule has 0 aliphatic carbocycles. The molecule has 0 bridgehead atoms. The molecule has 1 aliphatic rings. The fourth-order valence-electron chi connectivity index (χ4n) is 2.55. The minimum Gasteiger partial charge on any atom is -0.380 e. The average Bonchev–Trinajstić information content (AvgIpc) is 3.01. The Morgan fingerprint density at radius 2 is 2.09 bits per heavy atom. The van der Waals surface area contributed by atoms with Crippen molar-refractivity contribution < 1.29 is 14.3 Å². The van der Waals surface area contributed by atoms with Crippen molar-refractivity contribution in [2.45, 2.75) is 25.8 Å². The van der Waals surface area contributed by atoms with E-state index in [-0.39, 0.29) is 17.9 Å². The molecule has 2 amide bonds. The Kier molecular flexibility index (Phi) is 6.39. The van der Waals surface area contributed by atoms with E-state index in [2.05, 4.69) is 21.2 Å². The molecule has 22 heavy (non-hydrogen) atoms. The lowest BCUT2D eigenvalue weighted by Gasteiger charge is -2.24. The van der Waals surface area contributed by atoms with Gasteiger partial charge in [-0.2, -0.15) is 0 Å². The smallest absolute Gasteiger partial charge is 0.254 e. The van der Waals surface area contributed by atoms with Crippen molar-refractivity contribution in [2.75, 3.05) is 26.3 Å². The van der Waals surface area contributed by atoms with Crippen molar-refractivity contribution in [1.82, 2.24) is 10.2 Å². The van der Waals surface area contributed by atoms with Crippen LogP contribution in [0.5, 0.6) is 0 Å². The number of ether oxygens (including phenoxy) is 1. The van der Waals surface area contributed by atoms with E-state index in [0.717, 1.165) is 10.9 Å². The summed E-state index contributed by atoms with van der Waals surface area (Å²) >= 11 is 3.35. The van der Waals surface area contributed by atoms with E-state index in [1.807, 2.05) is 19.1 Å². The summed E-state index contributed by atoms with van der Waals surface area (Å²) in [6.07, 6.45) is 1.56. The number of hydrogen-bond acceptors (Lipinski definition) is 3. The van der Waals surface area contributed by atoms with Crippen molar-refractivity contribution in [3.63, 3.8) is 0 Å². The zero-order chi connectivity index (χ0) is 15.9. The molecule has 1 aromatic carbocycles. The molecule has 1 saturated heterocycles. The highest BCUT2D eigenvalue weighted by molar-refractivity contribution is 9.10. The molecule has 120 valence electrons. The normalized spacial score (nSPS) is 17.5. The van der Waals surface area contributed by atoms with Crippen molar-refractivity contribution >= 4 is 27.7 Å². The highest BCUT2D eigenvalue weighted by Crippen LogP contribution is 2.21. The molecule has 1 fully saturated rings. The Bertz CT molecular complexity index is 519. The monoisotopic (exact) mass is 368 g/mol. The first-order chi connectivity index (χ1) is 10.6. The van der Waals surface area contributed by atoms with E-state index in [1.165, 1.54) is 0 Å². The van der Waals surface area contributed by atoms with E-state index in [0.29, 0.717) is 38.3 Å². The minimum atomic E-state index is -0.377. The van der Waals surface area contributed by atoms with Gasteiger partial charge in [0, 0.05) is 29.7 Å². The largest absolute Gasteiger partial charge is 0.380 e. The van der Waals surface area contributed by atoms with Crippen LogP contribution < -0.4 is 5.32 Å². The Morgan fingerprint density at radius 1 is 1.36 bits per heavy atom. The number of nitrogens with zero attached hydrogens (tertiary/aromatic N) is 1. The second-order valence-corrected chi connectivity index (χ2v) is 6.07. The molecular weight excluding hydrogens is 348 g/mol. The summed E-state index contributed by atoms with van der Waals surface area (Å²) in [5.41, 5.74) is 0.609. The van der Waals surface area contributed by atoms with Gasteiger partial charge in [-0.3, -0.25) is 9.59 Å². The van der Waals surface area contributed by atoms with Gasteiger partial charge in [0.05, 0.1) is 6.61 Å². The molecule has 1 N–H and O–H groups in total. The van der Waals surface area contributed by atoms with Crippen LogP contribution in [0.25, 0.3) is 0 Å². The van der Waals surface area contributed by atoms with Crippen LogP contribution in [0.2, 0.25) is 0 Å². The molecule has 1 unspecified atom stereocenters. The number of likely N-dealkylation sites (tertiary alicyclic amines) is 1. The standard InChI is InChI=1S/C16H21BrN2O3/c1-2-22-11-9-18-15(20)14-4-3-10-19(14)16(21)12-5-7-13(17)8-6-12/h5-8,14H,2-4,9-11H2,1H3,(H,18,20). The quantitative estimate of drug-likeness (QED) is 0.783. The summed E-state index contributed by atoms with van der Waals surface area (Å²) in [7, 11) is 0. The number of rotatable bonds is 6. The van der Waals surface area contributed by atoms with Crippen LogP contribution in [0.15, 0.2) is 28.7 Å². The molecule has 0 saturated carbocycles. The van der Waals surface area contributed by atoms with Crippen LogP contribution in [-0.2, 0) is 9.53 Å². The number of carbonyl (C=O) groups excluding carboxylic acids is 2. The third-order valence-electron chi connectivity index (χ3n) is 3.66. The maximum atomic E-state index is 12.6. The van der Waals surface area contributed by atoms with Crippen molar-refractivity contribution in [3.8, 4) is 0 Å². The van der Waals surface area contributed by atoms with Crippen molar-refractivity contribution in [3.05, 3.63) is 34.3 Å². The second kappa shape index (κ2) is 8.29. The fraction of sp³-hybridized carbons (Fsp3) is 0.500. The van der Waals surface area contributed by atoms with E-state index < -0.39 is 0 Å². The number of halogens is 1. The van der Waals surface area contributed by atoms with Crippen molar-refractivity contribution in [2.24, 2.45) is 0 Å². The number of benzene rings is 1. The van der Waals surface area contributed by atoms with E-state index in [1.54, 1.807) is 17.0 Å². The molecule has 0 aromatic heterocycles. The van der Waals surface area contributed by atoms with Crippen LogP contribution in [0.4, 0.5) is 0 Å². The van der Waals surface area contributed by atoms with Crippen molar-refractivity contribution in [1.29, 1.82) is 0 Å². The minimum absolute atomic E-state index is 0.0880. The highest BCUT2D eigenvalue weighted by atomic mass is 79.9. The predicted octanol–water partition coefficient (Wildman–Crippen LogP) is 2.21. The number of carbonyl (C=O) groups is 2. The van der Waals surface area contributed by atoms with Gasteiger partial charge in [-0.05, 0) is 44.0 Å². The lowest BCUT2D eigenvalue weighted by Crippen LogP contribution is -2.46. The number of amides is 2. The summed E-state index contributed by atoms with van der Waals surface area (Å²) < 4.78 is 6.13. The number of hydrogen-bond donors (Lipinski definition) is 1. The van der Waals surface area contributed by atoms with Gasteiger partial charge < -0.3 is 15.0 Å². The topological polar surface area (TPSA) is 58.6 Å². The third-order valence-corrected chi connectivity index (χ3v) is 4.19. The Balaban J connectivity index is 1.96. The molecule has 0 radical (unpaired) electrons. The lowest BCUT2D eigenvalue weighted by molar-refractivity contribution is -0.125. The molecular formula is C16H21BrN2O3. The zero-order valence-corrected chi connectivity index (χ0v) is 14.3. The van der Waals surface area contributed by atoms with E-state index in [4.69, 9.17) is 4.74 Å². The molecule has 1 aliphatic heterocycles. The molecule has 1 aromatic rings. The Morgan fingerprint density at radius 3 is 2.77 bits per heavy atom. The summed E-state index contributed by atoms with van der Waals surface area (Å²) in [6.45, 7) is 4.14. The molecule has 6 heteroatoms. The van der Waals surface area contributed by atoms with Gasteiger partial charge in [0.15, 0.2) is 0 Å². The van der Waals surface area contributed by atoms with Gasteiger partial charge in [0.2, 0.25) is 5.91 Å². The van der Waals surface area contributed by atoms with Crippen LogP contribution in [0.3, 0.4) is 0 Å². The number of nitrogens with one attached hydrogen (secondary N) is 1. The summed E-state index contributed by atoms with van der Waals surface area (Å²) in [5, 5.41) is 2.84. The Hall–Kier alpha value is -1.40. The van der Waals surface area contributed by atoms with Gasteiger partial charge in [-0.1, -0.05) is 15.9 Å². The highest BCUT2D eigenvalue weighted by Gasteiger charge is 2.34. The first-order valence-corrected chi connectivity index (χ1v) is 8.34. The van der Waals surface area contributed by atoms with Gasteiger partial charge in [-0.25, -0.2) is 0 Å². The molecule has 5 nitrogen and oxygen atoms in total. The molecule has 1 heterocycles. The van der Waals surface area contributed by atoms with Crippen LogP contribution in [0, 0.1) is 0 Å². The molecule has 1 atom stereocenters. The first-order valence-electron chi connectivity index (χ1n) is 7.55. The second-order valence-electron chi connectivity index (χ2n) is 5.15. The van der Waals surface area contributed by atoms with Crippen LogP contribution in [-0.4, -0.2) is 49.1 Å². The van der Waals surface area contributed by atoms with E-state index >= 15 is 0 Å². The zero-order valence-electron chi connectivity index (χ0n) is 12.7. The van der Waals surface area contributed by atoms with Crippen LogP contribution in [0.1, 0.15) is 30.1 Å². The van der Waals surface area contributed by atoms with Crippen LogP contribution >= 0.6 is 15.9 Å². The summed E-state index contributed by atoms with van der Waals surface area (Å²) in [4.78, 5) is 26.5. The Labute approximate surface area is 139 Å². The third kappa shape index (κ3) is 4.30. The van der Waals surface area contributed by atoms with Gasteiger partial charge >= 0.3 is 0 Å².